The van der Waals surface area contributed by atoms with Crippen molar-refractivity contribution >= 4 is 5.91 Å². The highest BCUT2D eigenvalue weighted by atomic mass is 16.2. The molecule has 1 unspecified atom stereocenters. The van der Waals surface area contributed by atoms with E-state index in [4.69, 9.17) is 0 Å². The fraction of sp³-hybridized carbons (Fsp3) is 0.857. The Morgan fingerprint density at radius 3 is 2.82 bits per heavy atom. The predicted molar refractivity (Wildman–Crippen MR) is 41.8 cm³/mol. The molecular formula is C7H14N3O. The third-order valence-corrected chi connectivity index (χ3v) is 1.82. The maximum Gasteiger partial charge on any atom is 0.226 e. The van der Waals surface area contributed by atoms with Gasteiger partial charge in [-0.15, -0.1) is 0 Å². The number of hydrogen-bond acceptors (Lipinski definition) is 2. The summed E-state index contributed by atoms with van der Waals surface area (Å²) in [6.07, 6.45) is 0.903. The molecule has 0 aliphatic carbocycles. The van der Waals surface area contributed by atoms with Crippen LogP contribution in [0.15, 0.2) is 0 Å². The number of carbonyl (C=O) groups excluding carboxylic acids is 1. The van der Waals surface area contributed by atoms with E-state index in [-0.39, 0.29) is 11.8 Å². The number of nitrogens with zero attached hydrogens (tertiary/aromatic N) is 2. The first kappa shape index (κ1) is 8.49. The largest absolute Gasteiger partial charge is 0.349 e. The highest BCUT2D eigenvalue weighted by Crippen LogP contribution is 2.06. The molecule has 1 N–H and O–H groups in total. The molecule has 4 nitrogen and oxygen atoms in total. The summed E-state index contributed by atoms with van der Waals surface area (Å²) >= 11 is 0. The second kappa shape index (κ2) is 3.69. The lowest BCUT2D eigenvalue weighted by Crippen LogP contribution is -2.43. The van der Waals surface area contributed by atoms with Gasteiger partial charge in [-0.2, -0.15) is 5.43 Å². The predicted octanol–water partition coefficient (Wildman–Crippen LogP) is -0.796. The molecule has 1 atom stereocenters. The van der Waals surface area contributed by atoms with Crippen molar-refractivity contribution in [2.75, 3.05) is 27.2 Å². The van der Waals surface area contributed by atoms with Crippen LogP contribution in [0.1, 0.15) is 6.42 Å². The number of amides is 1. The van der Waals surface area contributed by atoms with Crippen LogP contribution in [0.5, 0.6) is 0 Å². The zero-order valence-electron chi connectivity index (χ0n) is 7.00. The van der Waals surface area contributed by atoms with Gasteiger partial charge in [0.25, 0.3) is 0 Å². The van der Waals surface area contributed by atoms with Crippen LogP contribution < -0.4 is 10.9 Å². The molecule has 4 heteroatoms. The van der Waals surface area contributed by atoms with E-state index in [0.29, 0.717) is 6.54 Å². The van der Waals surface area contributed by atoms with Crippen molar-refractivity contribution in [2.45, 2.75) is 6.42 Å². The minimum Gasteiger partial charge on any atom is -0.349 e. The second-order valence-corrected chi connectivity index (χ2v) is 2.97. The molecule has 1 amide bonds. The van der Waals surface area contributed by atoms with Gasteiger partial charge in [0.1, 0.15) is 0 Å². The van der Waals surface area contributed by atoms with Crippen LogP contribution in [-0.4, -0.2) is 38.0 Å². The summed E-state index contributed by atoms with van der Waals surface area (Å²) in [5.74, 6) is 0.293. The molecule has 0 saturated carbocycles. The molecule has 0 bridgehead atoms. The normalized spacial score (nSPS) is 24.7. The van der Waals surface area contributed by atoms with Crippen molar-refractivity contribution in [1.29, 1.82) is 0 Å². The summed E-state index contributed by atoms with van der Waals surface area (Å²) in [6.45, 7) is 1.45. The van der Waals surface area contributed by atoms with Crippen LogP contribution in [0.25, 0.3) is 0 Å². The van der Waals surface area contributed by atoms with Crippen LogP contribution in [0, 0.1) is 5.92 Å². The molecule has 63 valence electrons. The Balaban J connectivity index is 2.39. The van der Waals surface area contributed by atoms with Gasteiger partial charge in [-0.1, -0.05) is 0 Å². The Labute approximate surface area is 66.9 Å². The summed E-state index contributed by atoms with van der Waals surface area (Å²) in [7, 11) is 3.56. The number of nitrogens with one attached hydrogen (secondary N) is 1. The molecule has 0 spiro atoms. The molecule has 0 aromatic heterocycles. The van der Waals surface area contributed by atoms with Gasteiger partial charge in [-0.05, 0) is 6.42 Å². The molecular weight excluding hydrogens is 142 g/mol. The Morgan fingerprint density at radius 1 is 1.64 bits per heavy atom. The fourth-order valence-corrected chi connectivity index (χ4v) is 1.15. The molecule has 1 heterocycles. The van der Waals surface area contributed by atoms with Crippen molar-refractivity contribution in [3.05, 3.63) is 0 Å². The minimum absolute atomic E-state index is 0.103. The van der Waals surface area contributed by atoms with Crippen LogP contribution in [0.3, 0.4) is 0 Å². The van der Waals surface area contributed by atoms with Crippen LogP contribution in [-0.2, 0) is 4.79 Å². The summed E-state index contributed by atoms with van der Waals surface area (Å²) in [5, 5.41) is 0. The number of hydrogen-bond donors (Lipinski definition) is 1. The van der Waals surface area contributed by atoms with Gasteiger partial charge in [0.05, 0.1) is 5.92 Å². The lowest BCUT2D eigenvalue weighted by atomic mass is 10.0. The molecule has 1 rings (SSSR count). The van der Waals surface area contributed by atoms with Crippen molar-refractivity contribution in [3.63, 3.8) is 0 Å². The van der Waals surface area contributed by atoms with E-state index >= 15 is 0 Å². The van der Waals surface area contributed by atoms with Crippen molar-refractivity contribution in [3.8, 4) is 0 Å². The Bertz CT molecular complexity index is 141. The second-order valence-electron chi connectivity index (χ2n) is 2.97. The minimum atomic E-state index is 0.103. The number of rotatable bonds is 1. The standard InChI is InChI=1S/C7H14N3O/c1-10(2)7(11)6-3-4-8-9-5-6/h6,8H,3-5H2,1-2H3. The Morgan fingerprint density at radius 2 is 2.36 bits per heavy atom. The van der Waals surface area contributed by atoms with E-state index in [1.165, 1.54) is 0 Å². The molecule has 0 aromatic carbocycles. The van der Waals surface area contributed by atoms with E-state index in [0.717, 1.165) is 13.0 Å². The van der Waals surface area contributed by atoms with Gasteiger partial charge >= 0.3 is 0 Å². The molecule has 1 aliphatic rings. The summed E-state index contributed by atoms with van der Waals surface area (Å²) in [5.41, 5.74) is 6.83. The van der Waals surface area contributed by atoms with E-state index < -0.39 is 0 Å². The lowest BCUT2D eigenvalue weighted by Gasteiger charge is -2.23. The van der Waals surface area contributed by atoms with Gasteiger partial charge in [-0.3, -0.25) is 4.79 Å². The van der Waals surface area contributed by atoms with Crippen molar-refractivity contribution < 1.29 is 4.79 Å². The number of carbonyl (C=O) groups is 1. The Kier molecular flexibility index (Phi) is 2.84. The third kappa shape index (κ3) is 2.17. The van der Waals surface area contributed by atoms with Gasteiger partial charge < -0.3 is 4.90 Å². The van der Waals surface area contributed by atoms with Crippen molar-refractivity contribution in [2.24, 2.45) is 5.92 Å². The van der Waals surface area contributed by atoms with Crippen LogP contribution in [0.2, 0.25) is 0 Å². The zero-order valence-corrected chi connectivity index (χ0v) is 7.00. The zero-order chi connectivity index (χ0) is 8.27. The SMILES string of the molecule is CN(C)C(=O)C1CCN[N]C1. The smallest absolute Gasteiger partial charge is 0.226 e. The monoisotopic (exact) mass is 156 g/mol. The van der Waals surface area contributed by atoms with Gasteiger partial charge in [0.2, 0.25) is 5.91 Å². The van der Waals surface area contributed by atoms with Gasteiger partial charge in [0.15, 0.2) is 0 Å². The summed E-state index contributed by atoms with van der Waals surface area (Å²) in [4.78, 5) is 13.0. The van der Waals surface area contributed by atoms with E-state index in [1.54, 1.807) is 19.0 Å². The summed E-state index contributed by atoms with van der Waals surface area (Å²) < 4.78 is 0. The fourth-order valence-electron chi connectivity index (χ4n) is 1.15. The average Bonchev–Trinajstić information content (AvgIpc) is 2.05. The Hall–Kier alpha value is -0.610. The molecule has 0 aromatic rings. The van der Waals surface area contributed by atoms with Crippen LogP contribution >= 0.6 is 0 Å². The van der Waals surface area contributed by atoms with E-state index in [9.17, 15) is 4.79 Å². The van der Waals surface area contributed by atoms with E-state index in [1.807, 2.05) is 0 Å². The highest BCUT2D eigenvalue weighted by Gasteiger charge is 2.22. The quantitative estimate of drug-likeness (QED) is 0.540. The molecule has 11 heavy (non-hydrogen) atoms. The highest BCUT2D eigenvalue weighted by molar-refractivity contribution is 5.78. The first-order valence-electron chi connectivity index (χ1n) is 3.82. The third-order valence-electron chi connectivity index (χ3n) is 1.82. The maximum absolute atomic E-state index is 11.3. The van der Waals surface area contributed by atoms with E-state index in [2.05, 4.69) is 10.9 Å². The maximum atomic E-state index is 11.3. The molecule has 1 aliphatic heterocycles. The summed E-state index contributed by atoms with van der Waals surface area (Å²) in [6, 6.07) is 0. The molecule has 1 radical (unpaired) electrons. The lowest BCUT2D eigenvalue weighted by molar-refractivity contribution is -0.133. The van der Waals surface area contributed by atoms with Gasteiger partial charge in [0, 0.05) is 27.2 Å². The molecule has 1 saturated heterocycles. The first-order chi connectivity index (χ1) is 5.22. The van der Waals surface area contributed by atoms with Gasteiger partial charge in [-0.25, -0.2) is 5.43 Å². The topological polar surface area (TPSA) is 46.4 Å². The average molecular weight is 156 g/mol. The van der Waals surface area contributed by atoms with Crippen molar-refractivity contribution in [1.82, 2.24) is 15.8 Å². The first-order valence-corrected chi connectivity index (χ1v) is 3.82. The van der Waals surface area contributed by atoms with Crippen LogP contribution in [0.4, 0.5) is 0 Å². The molecule has 1 fully saturated rings.